The van der Waals surface area contributed by atoms with Crippen LogP contribution in [0.15, 0.2) is 0 Å². The molecule has 0 atom stereocenters. The van der Waals surface area contributed by atoms with Crippen LogP contribution in [0.4, 0.5) is 39.5 Å². The number of hydrogen-bond donors (Lipinski definition) is 0. The van der Waals surface area contributed by atoms with Crippen molar-refractivity contribution in [2.24, 2.45) is 0 Å². The Hall–Kier alpha value is 0.0700. The van der Waals surface area contributed by atoms with Gasteiger partial charge in [-0.25, -0.2) is 0 Å². The summed E-state index contributed by atoms with van der Waals surface area (Å²) in [5, 5.41) is 0. The quantitative estimate of drug-likeness (QED) is 0.541. The first-order valence-electron chi connectivity index (χ1n) is 3.82. The zero-order valence-corrected chi connectivity index (χ0v) is 9.56. The first kappa shape index (κ1) is 17.1. The van der Waals surface area contributed by atoms with Gasteiger partial charge in [0.25, 0.3) is 0 Å². The molecule has 0 unspecified atom stereocenters. The Balaban J connectivity index is 5.75. The van der Waals surface area contributed by atoms with Gasteiger partial charge in [0.1, 0.15) is 0 Å². The second-order valence-electron chi connectivity index (χ2n) is 2.66. The number of rotatable bonds is 3. The van der Waals surface area contributed by atoms with Crippen molar-refractivity contribution in [1.82, 2.24) is 0 Å². The molecular formula is C6H5F9S2. The first-order valence-corrected chi connectivity index (χ1v) is 6.14. The van der Waals surface area contributed by atoms with Crippen molar-refractivity contribution in [3.05, 3.63) is 0 Å². The molecule has 0 aromatic rings. The Morgan fingerprint density at radius 1 is 0.706 bits per heavy atom. The maximum atomic E-state index is 12.2. The molecule has 11 heteroatoms. The maximum Gasteiger partial charge on any atom is 0.422 e. The number of halogens is 9. The van der Waals surface area contributed by atoms with Crippen LogP contribution in [0.1, 0.15) is 6.92 Å². The Labute approximate surface area is 97.7 Å². The van der Waals surface area contributed by atoms with E-state index in [-0.39, 0.29) is 16.5 Å². The van der Waals surface area contributed by atoms with Crippen molar-refractivity contribution >= 4 is 21.6 Å². The molecule has 0 bridgehead atoms. The van der Waals surface area contributed by atoms with E-state index in [4.69, 9.17) is 0 Å². The van der Waals surface area contributed by atoms with Crippen LogP contribution in [0.25, 0.3) is 0 Å². The highest BCUT2D eigenvalue weighted by molar-refractivity contribution is 8.77. The fourth-order valence-electron chi connectivity index (χ4n) is 0.771. The number of hydrogen-bond acceptors (Lipinski definition) is 2. The summed E-state index contributed by atoms with van der Waals surface area (Å²) in [6, 6.07) is 0. The lowest BCUT2D eigenvalue weighted by Crippen LogP contribution is -2.63. The summed E-state index contributed by atoms with van der Waals surface area (Å²) in [6.07, 6.45) is -19.4. The molecule has 0 rings (SSSR count). The van der Waals surface area contributed by atoms with E-state index < -0.39 is 34.1 Å². The molecule has 0 saturated carbocycles. The molecule has 0 aliphatic heterocycles. The summed E-state index contributed by atoms with van der Waals surface area (Å²) < 4.78 is 104. The van der Waals surface area contributed by atoms with Crippen LogP contribution in [0.5, 0.6) is 0 Å². The van der Waals surface area contributed by atoms with Gasteiger partial charge in [-0.05, 0) is 0 Å². The molecule has 0 fully saturated rings. The Kier molecular flexibility index (Phi) is 5.00. The van der Waals surface area contributed by atoms with Crippen LogP contribution in [-0.2, 0) is 0 Å². The lowest BCUT2D eigenvalue weighted by atomic mass is 10.1. The van der Waals surface area contributed by atoms with Crippen LogP contribution in [-0.4, -0.2) is 29.0 Å². The Morgan fingerprint density at radius 3 is 1.18 bits per heavy atom. The third-order valence-corrected chi connectivity index (χ3v) is 4.61. The lowest BCUT2D eigenvalue weighted by molar-refractivity contribution is -0.344. The van der Waals surface area contributed by atoms with Gasteiger partial charge in [0.2, 0.25) is 0 Å². The molecule has 0 amide bonds. The highest BCUT2D eigenvalue weighted by atomic mass is 33.1. The average molecular weight is 312 g/mol. The smallest absolute Gasteiger partial charge is 0.169 e. The molecule has 0 nitrogen and oxygen atoms in total. The highest BCUT2D eigenvalue weighted by Crippen LogP contribution is 2.62. The Bertz CT molecular complexity index is 214. The first-order chi connectivity index (χ1) is 7.31. The normalized spacial score (nSPS) is 15.2. The minimum absolute atomic E-state index is 0.148. The molecular weight excluding hydrogens is 307 g/mol. The summed E-state index contributed by atoms with van der Waals surface area (Å²) in [5.41, 5.74) is 0. The van der Waals surface area contributed by atoms with Crippen molar-refractivity contribution in [1.29, 1.82) is 0 Å². The Morgan fingerprint density at radius 2 is 1.00 bits per heavy atom. The van der Waals surface area contributed by atoms with Crippen molar-refractivity contribution in [3.63, 3.8) is 0 Å². The van der Waals surface area contributed by atoms with Gasteiger partial charge in [0.05, 0.1) is 0 Å². The summed E-state index contributed by atoms with van der Waals surface area (Å²) in [6.45, 7) is 1.14. The molecule has 0 aromatic carbocycles. The SMILES string of the molecule is CCSSC(C(F)(F)F)(C(F)(F)F)C(F)(F)F. The zero-order valence-electron chi connectivity index (χ0n) is 7.93. The van der Waals surface area contributed by atoms with Crippen LogP contribution >= 0.6 is 21.6 Å². The molecule has 0 radical (unpaired) electrons. The van der Waals surface area contributed by atoms with Crippen LogP contribution in [0.2, 0.25) is 0 Å². The van der Waals surface area contributed by atoms with Crippen molar-refractivity contribution in [2.75, 3.05) is 5.75 Å². The fourth-order valence-corrected chi connectivity index (χ4v) is 3.08. The van der Waals surface area contributed by atoms with Crippen molar-refractivity contribution < 1.29 is 39.5 Å². The molecule has 104 valence electrons. The molecule has 0 aliphatic carbocycles. The van der Waals surface area contributed by atoms with Gasteiger partial charge in [0, 0.05) is 5.75 Å². The third kappa shape index (κ3) is 3.09. The largest absolute Gasteiger partial charge is 0.422 e. The van der Waals surface area contributed by atoms with E-state index in [9.17, 15) is 39.5 Å². The molecule has 0 heterocycles. The standard InChI is InChI=1S/C6H5F9S2/c1-2-16-17-3(4(7,8)9,5(10,11)12)6(13,14)15/h2H2,1H3. The van der Waals surface area contributed by atoms with Crippen molar-refractivity contribution in [2.45, 2.75) is 30.2 Å². The molecule has 0 spiro atoms. The van der Waals surface area contributed by atoms with E-state index in [2.05, 4.69) is 0 Å². The van der Waals surface area contributed by atoms with Crippen molar-refractivity contribution in [3.8, 4) is 0 Å². The number of alkyl halides is 9. The van der Waals surface area contributed by atoms with Gasteiger partial charge in [-0.15, -0.1) is 0 Å². The van der Waals surface area contributed by atoms with Crippen LogP contribution in [0, 0.1) is 0 Å². The van der Waals surface area contributed by atoms with Gasteiger partial charge in [-0.2, -0.15) is 39.5 Å². The van der Waals surface area contributed by atoms with Gasteiger partial charge < -0.3 is 0 Å². The van der Waals surface area contributed by atoms with Gasteiger partial charge in [-0.3, -0.25) is 0 Å². The van der Waals surface area contributed by atoms with Crippen LogP contribution < -0.4 is 0 Å². The topological polar surface area (TPSA) is 0 Å². The van der Waals surface area contributed by atoms with E-state index in [0.29, 0.717) is 0 Å². The fraction of sp³-hybridized carbons (Fsp3) is 1.00. The predicted octanol–water partition coefficient (Wildman–Crippen LogP) is 4.81. The molecule has 17 heavy (non-hydrogen) atoms. The van der Waals surface area contributed by atoms with E-state index in [1.807, 2.05) is 0 Å². The molecule has 0 aromatic heterocycles. The van der Waals surface area contributed by atoms with E-state index in [1.54, 1.807) is 0 Å². The zero-order chi connectivity index (χ0) is 14.1. The van der Waals surface area contributed by atoms with Gasteiger partial charge in [-0.1, -0.05) is 28.5 Å². The van der Waals surface area contributed by atoms with Crippen LogP contribution in [0.3, 0.4) is 0 Å². The third-order valence-electron chi connectivity index (χ3n) is 1.50. The molecule has 0 N–H and O–H groups in total. The highest BCUT2D eigenvalue weighted by Gasteiger charge is 2.84. The summed E-state index contributed by atoms with van der Waals surface area (Å²) >= 11 is 0. The predicted molar refractivity (Wildman–Crippen MR) is 46.6 cm³/mol. The average Bonchev–Trinajstić information content (AvgIpc) is 1.96. The molecule has 0 aliphatic rings. The summed E-state index contributed by atoms with van der Waals surface area (Å²) in [7, 11) is -1.42. The van der Waals surface area contributed by atoms with Gasteiger partial charge >= 0.3 is 23.3 Å². The minimum Gasteiger partial charge on any atom is -0.169 e. The summed E-state index contributed by atoms with van der Waals surface area (Å²) in [5.74, 6) is -0.325. The monoisotopic (exact) mass is 312 g/mol. The second kappa shape index (κ2) is 4.98. The van der Waals surface area contributed by atoms with E-state index in [0.717, 1.165) is 6.92 Å². The maximum absolute atomic E-state index is 12.2. The lowest BCUT2D eigenvalue weighted by Gasteiger charge is -2.37. The van der Waals surface area contributed by atoms with Gasteiger partial charge in [0.15, 0.2) is 0 Å². The summed E-state index contributed by atoms with van der Waals surface area (Å²) in [4.78, 5) is 0. The molecule has 0 saturated heterocycles. The minimum atomic E-state index is -6.48. The van der Waals surface area contributed by atoms with E-state index in [1.165, 1.54) is 0 Å². The van der Waals surface area contributed by atoms with E-state index >= 15 is 0 Å². The second-order valence-corrected chi connectivity index (χ2v) is 5.46.